The van der Waals surface area contributed by atoms with Crippen LogP contribution in [-0.2, 0) is 29.3 Å². The van der Waals surface area contributed by atoms with Crippen molar-refractivity contribution in [1.82, 2.24) is 19.4 Å². The van der Waals surface area contributed by atoms with Crippen LogP contribution in [0.25, 0.3) is 0 Å². The molecule has 0 amide bonds. The number of hydrogen-bond acceptors (Lipinski definition) is 5. The van der Waals surface area contributed by atoms with Crippen LogP contribution < -0.4 is 0 Å². The molecule has 2 heterocycles. The van der Waals surface area contributed by atoms with Crippen LogP contribution in [0.2, 0.25) is 0 Å². The second-order valence-corrected chi connectivity index (χ2v) is 9.99. The molecule has 1 unspecified atom stereocenters. The highest BCUT2D eigenvalue weighted by Crippen LogP contribution is 2.20. The van der Waals surface area contributed by atoms with Gasteiger partial charge in [0.1, 0.15) is 0 Å². The topological polar surface area (TPSA) is 58.4 Å². The molecule has 6 nitrogen and oxygen atoms in total. The lowest BCUT2D eigenvalue weighted by atomic mass is 10.1. The van der Waals surface area contributed by atoms with Crippen molar-refractivity contribution in [2.75, 3.05) is 32.9 Å². The summed E-state index contributed by atoms with van der Waals surface area (Å²) < 4.78 is 27.0. The van der Waals surface area contributed by atoms with Gasteiger partial charge in [-0.15, -0.1) is 0 Å². The van der Waals surface area contributed by atoms with Gasteiger partial charge < -0.3 is 9.47 Å². The molecule has 0 radical (unpaired) electrons. The Labute approximate surface area is 169 Å². The van der Waals surface area contributed by atoms with Crippen LogP contribution in [0.5, 0.6) is 0 Å². The molecule has 1 aliphatic heterocycles. The highest BCUT2D eigenvalue weighted by Gasteiger charge is 2.27. The zero-order valence-corrected chi connectivity index (χ0v) is 18.0. The van der Waals surface area contributed by atoms with Crippen LogP contribution in [0.3, 0.4) is 0 Å². The second-order valence-electron chi connectivity index (χ2n) is 7.82. The Hall–Kier alpha value is -1.70. The van der Waals surface area contributed by atoms with Gasteiger partial charge in [-0.05, 0) is 38.9 Å². The zero-order chi connectivity index (χ0) is 20.1. The van der Waals surface area contributed by atoms with E-state index in [2.05, 4.69) is 41.0 Å². The van der Waals surface area contributed by atoms with Crippen LogP contribution >= 0.6 is 0 Å². The van der Waals surface area contributed by atoms with Gasteiger partial charge in [-0.3, -0.25) is 4.90 Å². The molecule has 1 aliphatic rings. The maximum Gasteiger partial charge on any atom is 0.227 e. The van der Waals surface area contributed by atoms with Gasteiger partial charge in [-0.2, -0.15) is 0 Å². The summed E-state index contributed by atoms with van der Waals surface area (Å²) in [5, 5.41) is 0.224. The maximum absolute atomic E-state index is 12.5. The van der Waals surface area contributed by atoms with Crippen LogP contribution in [-0.4, -0.2) is 66.7 Å². The number of hydrogen-bond donors (Lipinski definition) is 0. The smallest absolute Gasteiger partial charge is 0.227 e. The Bertz CT molecular complexity index is 862. The third-order valence-electron chi connectivity index (χ3n) is 5.61. The minimum absolute atomic E-state index is 0.0779. The number of aryl methyl sites for hydroxylation is 1. The SMILES string of the molecule is CCS(=O)(=O)c1ncc(CN2CCC(N(C)C)C2)n1CCCc1ccccc1. The van der Waals surface area contributed by atoms with E-state index in [1.807, 2.05) is 22.8 Å². The highest BCUT2D eigenvalue weighted by molar-refractivity contribution is 7.91. The Balaban J connectivity index is 1.74. The number of sulfone groups is 1. The van der Waals surface area contributed by atoms with E-state index in [0.29, 0.717) is 12.6 Å². The summed E-state index contributed by atoms with van der Waals surface area (Å²) in [6.45, 7) is 5.15. The first-order valence-electron chi connectivity index (χ1n) is 10.1. The summed E-state index contributed by atoms with van der Waals surface area (Å²) >= 11 is 0. The normalized spacial score (nSPS) is 18.2. The van der Waals surface area contributed by atoms with E-state index in [1.54, 1.807) is 13.1 Å². The van der Waals surface area contributed by atoms with Gasteiger partial charge in [0.05, 0.1) is 17.6 Å². The van der Waals surface area contributed by atoms with E-state index >= 15 is 0 Å². The van der Waals surface area contributed by atoms with E-state index in [4.69, 9.17) is 0 Å². The average molecular weight is 405 g/mol. The number of likely N-dealkylation sites (tertiary alicyclic amines) is 1. The van der Waals surface area contributed by atoms with E-state index in [9.17, 15) is 8.42 Å². The quantitative estimate of drug-likeness (QED) is 0.643. The predicted molar refractivity (Wildman–Crippen MR) is 112 cm³/mol. The van der Waals surface area contributed by atoms with Gasteiger partial charge in [0, 0.05) is 32.2 Å². The van der Waals surface area contributed by atoms with Gasteiger partial charge in [-0.1, -0.05) is 37.3 Å². The van der Waals surface area contributed by atoms with E-state index < -0.39 is 9.84 Å². The summed E-state index contributed by atoms with van der Waals surface area (Å²) in [5.74, 6) is 0.0779. The first kappa shape index (κ1) is 21.0. The third kappa shape index (κ3) is 5.01. The maximum atomic E-state index is 12.5. The third-order valence-corrected chi connectivity index (χ3v) is 7.26. The van der Waals surface area contributed by atoms with Crippen molar-refractivity contribution in [2.45, 2.75) is 50.5 Å². The number of nitrogens with zero attached hydrogens (tertiary/aromatic N) is 4. The molecule has 7 heteroatoms. The highest BCUT2D eigenvalue weighted by atomic mass is 32.2. The molecule has 0 bridgehead atoms. The van der Waals surface area contributed by atoms with Gasteiger partial charge in [0.15, 0.2) is 0 Å². The Morgan fingerprint density at radius 3 is 2.61 bits per heavy atom. The van der Waals surface area contributed by atoms with Gasteiger partial charge in [0.25, 0.3) is 0 Å². The van der Waals surface area contributed by atoms with Crippen LogP contribution in [0.15, 0.2) is 41.7 Å². The Morgan fingerprint density at radius 1 is 1.21 bits per heavy atom. The molecule has 154 valence electrons. The average Bonchev–Trinajstić information content (AvgIpc) is 3.31. The van der Waals surface area contributed by atoms with Crippen molar-refractivity contribution in [2.24, 2.45) is 0 Å². The summed E-state index contributed by atoms with van der Waals surface area (Å²) in [6, 6.07) is 10.9. The van der Waals surface area contributed by atoms with Gasteiger partial charge >= 0.3 is 0 Å². The summed E-state index contributed by atoms with van der Waals surface area (Å²) in [6.07, 6.45) is 4.72. The summed E-state index contributed by atoms with van der Waals surface area (Å²) in [7, 11) is 0.902. The molecule has 1 aromatic heterocycles. The van der Waals surface area contributed by atoms with Gasteiger partial charge in [-0.25, -0.2) is 13.4 Å². The molecule has 28 heavy (non-hydrogen) atoms. The fourth-order valence-corrected chi connectivity index (χ4v) is 4.84. The summed E-state index contributed by atoms with van der Waals surface area (Å²) in [4.78, 5) is 8.99. The molecule has 1 fully saturated rings. The molecule has 2 aromatic rings. The number of likely N-dealkylation sites (N-methyl/N-ethyl adjacent to an activating group) is 1. The fraction of sp³-hybridized carbons (Fsp3) is 0.571. The Kier molecular flexibility index (Phi) is 6.91. The molecule has 1 atom stereocenters. The molecule has 0 aliphatic carbocycles. The van der Waals surface area contributed by atoms with E-state index in [0.717, 1.165) is 44.6 Å². The predicted octanol–water partition coefficient (Wildman–Crippen LogP) is 2.45. The largest absolute Gasteiger partial charge is 0.318 e. The molecule has 0 spiro atoms. The molecular formula is C21H32N4O2S. The lowest BCUT2D eigenvalue weighted by molar-refractivity contribution is 0.260. The van der Waals surface area contributed by atoms with Crippen molar-refractivity contribution in [3.8, 4) is 0 Å². The number of rotatable bonds is 9. The molecule has 1 aromatic carbocycles. The number of aromatic nitrogens is 2. The van der Waals surface area contributed by atoms with E-state index in [1.165, 1.54) is 5.56 Å². The van der Waals surface area contributed by atoms with Crippen molar-refractivity contribution < 1.29 is 8.42 Å². The minimum Gasteiger partial charge on any atom is -0.318 e. The first-order valence-corrected chi connectivity index (χ1v) is 11.8. The fourth-order valence-electron chi connectivity index (χ4n) is 3.83. The summed E-state index contributed by atoms with van der Waals surface area (Å²) in [5.41, 5.74) is 2.27. The standard InChI is InChI=1S/C21H32N4O2S/c1-4-28(26,27)21-22-15-20(17-24-14-12-19(16-24)23(2)3)25(21)13-8-11-18-9-6-5-7-10-18/h5-7,9-10,15,19H,4,8,11-14,16-17H2,1-3H3. The minimum atomic E-state index is -3.34. The number of imidazole rings is 1. The second kappa shape index (κ2) is 9.20. The van der Waals surface area contributed by atoms with Crippen LogP contribution in [0.1, 0.15) is 31.0 Å². The van der Waals surface area contributed by atoms with Gasteiger partial charge in [0.2, 0.25) is 15.0 Å². The lowest BCUT2D eigenvalue weighted by Gasteiger charge is -2.21. The lowest BCUT2D eigenvalue weighted by Crippen LogP contribution is -2.31. The van der Waals surface area contributed by atoms with Crippen molar-refractivity contribution >= 4 is 9.84 Å². The van der Waals surface area contributed by atoms with Crippen molar-refractivity contribution in [3.63, 3.8) is 0 Å². The zero-order valence-electron chi connectivity index (χ0n) is 17.2. The molecule has 3 rings (SSSR count). The van der Waals surface area contributed by atoms with Crippen molar-refractivity contribution in [3.05, 3.63) is 47.8 Å². The molecule has 1 saturated heterocycles. The molecular weight excluding hydrogens is 372 g/mol. The monoisotopic (exact) mass is 404 g/mol. The van der Waals surface area contributed by atoms with E-state index in [-0.39, 0.29) is 10.9 Å². The molecule has 0 saturated carbocycles. The molecule has 0 N–H and O–H groups in total. The van der Waals surface area contributed by atoms with Crippen LogP contribution in [0.4, 0.5) is 0 Å². The van der Waals surface area contributed by atoms with Crippen molar-refractivity contribution in [1.29, 1.82) is 0 Å². The first-order chi connectivity index (χ1) is 13.4. The van der Waals surface area contributed by atoms with Crippen LogP contribution in [0, 0.1) is 0 Å². The number of benzene rings is 1. The Morgan fingerprint density at radius 2 is 1.96 bits per heavy atom.